The highest BCUT2D eigenvalue weighted by atomic mass is 16.5. The standard InChI is InChI=1S/C9H16N2O2/c1-7-8(2-5-13-7)11-4-3-10-9(12)6-11/h7-8H,2-6H2,1H3,(H,10,12). The van der Waals surface area contributed by atoms with Gasteiger partial charge < -0.3 is 10.1 Å². The van der Waals surface area contributed by atoms with Gasteiger partial charge in [-0.2, -0.15) is 0 Å². The van der Waals surface area contributed by atoms with Crippen LogP contribution < -0.4 is 5.32 Å². The molecule has 2 atom stereocenters. The lowest BCUT2D eigenvalue weighted by atomic mass is 10.1. The molecule has 0 radical (unpaired) electrons. The minimum absolute atomic E-state index is 0.144. The van der Waals surface area contributed by atoms with Crippen LogP contribution in [0.25, 0.3) is 0 Å². The monoisotopic (exact) mass is 184 g/mol. The third-order valence-electron chi connectivity index (χ3n) is 2.87. The van der Waals surface area contributed by atoms with Crippen LogP contribution in [0.15, 0.2) is 0 Å². The van der Waals surface area contributed by atoms with Crippen molar-refractivity contribution in [2.45, 2.75) is 25.5 Å². The van der Waals surface area contributed by atoms with Gasteiger partial charge >= 0.3 is 0 Å². The summed E-state index contributed by atoms with van der Waals surface area (Å²) in [7, 11) is 0. The Morgan fingerprint density at radius 3 is 3.08 bits per heavy atom. The maximum atomic E-state index is 11.1. The molecule has 2 heterocycles. The van der Waals surface area contributed by atoms with Gasteiger partial charge in [-0.15, -0.1) is 0 Å². The van der Waals surface area contributed by atoms with Crippen molar-refractivity contribution in [2.75, 3.05) is 26.2 Å². The average Bonchev–Trinajstić information content (AvgIpc) is 2.51. The lowest BCUT2D eigenvalue weighted by molar-refractivity contribution is -0.125. The van der Waals surface area contributed by atoms with Crippen molar-refractivity contribution in [3.63, 3.8) is 0 Å². The summed E-state index contributed by atoms with van der Waals surface area (Å²) >= 11 is 0. The SMILES string of the molecule is CC1OCCC1N1CCNC(=O)C1. The molecule has 2 saturated heterocycles. The molecule has 2 unspecified atom stereocenters. The highest BCUT2D eigenvalue weighted by Gasteiger charge is 2.32. The molecule has 2 rings (SSSR count). The van der Waals surface area contributed by atoms with Crippen LogP contribution in [0.5, 0.6) is 0 Å². The first-order chi connectivity index (χ1) is 6.27. The lowest BCUT2D eigenvalue weighted by Crippen LogP contribution is -2.53. The Balaban J connectivity index is 1.95. The van der Waals surface area contributed by atoms with Crippen molar-refractivity contribution in [1.82, 2.24) is 10.2 Å². The molecule has 13 heavy (non-hydrogen) atoms. The minimum Gasteiger partial charge on any atom is -0.377 e. The Morgan fingerprint density at radius 1 is 1.62 bits per heavy atom. The molecule has 4 heteroatoms. The molecular formula is C9H16N2O2. The van der Waals surface area contributed by atoms with Gasteiger partial charge in [0, 0.05) is 25.7 Å². The molecule has 74 valence electrons. The number of rotatable bonds is 1. The highest BCUT2D eigenvalue weighted by molar-refractivity contribution is 5.78. The average molecular weight is 184 g/mol. The van der Waals surface area contributed by atoms with Gasteiger partial charge in [0.25, 0.3) is 0 Å². The van der Waals surface area contributed by atoms with Gasteiger partial charge in [-0.25, -0.2) is 0 Å². The molecule has 4 nitrogen and oxygen atoms in total. The molecule has 0 aromatic heterocycles. The lowest BCUT2D eigenvalue weighted by Gasteiger charge is -2.33. The summed E-state index contributed by atoms with van der Waals surface area (Å²) in [6, 6.07) is 0.450. The number of nitrogens with zero attached hydrogens (tertiary/aromatic N) is 1. The van der Waals surface area contributed by atoms with E-state index in [1.54, 1.807) is 0 Å². The first-order valence-electron chi connectivity index (χ1n) is 4.90. The predicted molar refractivity (Wildman–Crippen MR) is 48.4 cm³/mol. The van der Waals surface area contributed by atoms with Gasteiger partial charge in [0.2, 0.25) is 5.91 Å². The topological polar surface area (TPSA) is 41.6 Å². The third-order valence-corrected chi connectivity index (χ3v) is 2.87. The fourth-order valence-electron chi connectivity index (χ4n) is 2.14. The van der Waals surface area contributed by atoms with Crippen molar-refractivity contribution in [1.29, 1.82) is 0 Å². The second-order valence-corrected chi connectivity index (χ2v) is 3.75. The Kier molecular flexibility index (Phi) is 2.51. The highest BCUT2D eigenvalue weighted by Crippen LogP contribution is 2.19. The molecule has 2 aliphatic heterocycles. The van der Waals surface area contributed by atoms with Crippen LogP contribution in [0.2, 0.25) is 0 Å². The molecular weight excluding hydrogens is 168 g/mol. The van der Waals surface area contributed by atoms with Crippen molar-refractivity contribution in [3.8, 4) is 0 Å². The van der Waals surface area contributed by atoms with Crippen molar-refractivity contribution in [3.05, 3.63) is 0 Å². The quantitative estimate of drug-likeness (QED) is 0.602. The number of amides is 1. The van der Waals surface area contributed by atoms with Gasteiger partial charge in [-0.05, 0) is 13.3 Å². The summed E-state index contributed by atoms with van der Waals surface area (Å²) < 4.78 is 5.48. The predicted octanol–water partition coefficient (Wildman–Crippen LogP) is -0.404. The summed E-state index contributed by atoms with van der Waals surface area (Å²) in [5.41, 5.74) is 0. The summed E-state index contributed by atoms with van der Waals surface area (Å²) in [5.74, 6) is 0.144. The molecule has 2 fully saturated rings. The number of hydrogen-bond acceptors (Lipinski definition) is 3. The van der Waals surface area contributed by atoms with Gasteiger partial charge in [0.05, 0.1) is 12.6 Å². The van der Waals surface area contributed by atoms with E-state index in [2.05, 4.69) is 17.1 Å². The van der Waals surface area contributed by atoms with E-state index >= 15 is 0 Å². The first kappa shape index (κ1) is 8.97. The van der Waals surface area contributed by atoms with Gasteiger partial charge in [0.15, 0.2) is 0 Å². The molecule has 0 aromatic carbocycles. The Bertz CT molecular complexity index is 208. The number of carbonyl (C=O) groups is 1. The number of ether oxygens (including phenoxy) is 1. The maximum Gasteiger partial charge on any atom is 0.234 e. The second kappa shape index (κ2) is 3.64. The molecule has 0 bridgehead atoms. The zero-order valence-electron chi connectivity index (χ0n) is 7.95. The number of hydrogen-bond donors (Lipinski definition) is 1. The van der Waals surface area contributed by atoms with E-state index in [-0.39, 0.29) is 12.0 Å². The van der Waals surface area contributed by atoms with Gasteiger partial charge in [-0.3, -0.25) is 9.69 Å². The minimum atomic E-state index is 0.144. The Labute approximate surface area is 78.2 Å². The van der Waals surface area contributed by atoms with Crippen LogP contribution >= 0.6 is 0 Å². The third kappa shape index (κ3) is 1.84. The van der Waals surface area contributed by atoms with E-state index in [4.69, 9.17) is 4.74 Å². The van der Waals surface area contributed by atoms with Gasteiger partial charge in [-0.1, -0.05) is 0 Å². The normalized spacial score (nSPS) is 36.2. The van der Waals surface area contributed by atoms with E-state index in [0.29, 0.717) is 12.6 Å². The maximum absolute atomic E-state index is 11.1. The van der Waals surface area contributed by atoms with Crippen LogP contribution in [0.1, 0.15) is 13.3 Å². The van der Waals surface area contributed by atoms with E-state index in [1.165, 1.54) is 0 Å². The summed E-state index contributed by atoms with van der Waals surface area (Å²) in [6.07, 6.45) is 1.35. The summed E-state index contributed by atoms with van der Waals surface area (Å²) in [4.78, 5) is 13.4. The zero-order chi connectivity index (χ0) is 9.26. The molecule has 0 aromatic rings. The van der Waals surface area contributed by atoms with Crippen molar-refractivity contribution >= 4 is 5.91 Å². The number of carbonyl (C=O) groups excluding carboxylic acids is 1. The summed E-state index contributed by atoms with van der Waals surface area (Å²) in [6.45, 7) is 5.21. The Hall–Kier alpha value is -0.610. The Morgan fingerprint density at radius 2 is 2.46 bits per heavy atom. The van der Waals surface area contributed by atoms with Gasteiger partial charge in [0.1, 0.15) is 0 Å². The molecule has 2 aliphatic rings. The van der Waals surface area contributed by atoms with Crippen LogP contribution in [-0.4, -0.2) is 49.2 Å². The van der Waals surface area contributed by atoms with Crippen LogP contribution in [0.4, 0.5) is 0 Å². The van der Waals surface area contributed by atoms with Crippen LogP contribution in [-0.2, 0) is 9.53 Å². The van der Waals surface area contributed by atoms with E-state index < -0.39 is 0 Å². The second-order valence-electron chi connectivity index (χ2n) is 3.75. The first-order valence-corrected chi connectivity index (χ1v) is 4.90. The fraction of sp³-hybridized carbons (Fsp3) is 0.889. The van der Waals surface area contributed by atoms with Crippen LogP contribution in [0, 0.1) is 0 Å². The molecule has 0 spiro atoms. The molecule has 0 aliphatic carbocycles. The molecule has 1 amide bonds. The van der Waals surface area contributed by atoms with E-state index in [1.807, 2.05) is 0 Å². The number of nitrogens with one attached hydrogen (secondary N) is 1. The van der Waals surface area contributed by atoms with Crippen LogP contribution in [0.3, 0.4) is 0 Å². The number of piperazine rings is 1. The van der Waals surface area contributed by atoms with E-state index in [0.717, 1.165) is 26.1 Å². The molecule has 0 saturated carbocycles. The summed E-state index contributed by atoms with van der Waals surface area (Å²) in [5, 5.41) is 2.83. The van der Waals surface area contributed by atoms with Crippen molar-refractivity contribution in [2.24, 2.45) is 0 Å². The zero-order valence-corrected chi connectivity index (χ0v) is 7.95. The fourth-order valence-corrected chi connectivity index (χ4v) is 2.14. The largest absolute Gasteiger partial charge is 0.377 e. The van der Waals surface area contributed by atoms with E-state index in [9.17, 15) is 4.79 Å². The smallest absolute Gasteiger partial charge is 0.234 e. The molecule has 1 N–H and O–H groups in total. The van der Waals surface area contributed by atoms with Crippen molar-refractivity contribution < 1.29 is 9.53 Å².